The molecule has 3 rings (SSSR count). The first-order valence-corrected chi connectivity index (χ1v) is 11.0. The van der Waals surface area contributed by atoms with E-state index < -0.39 is 9.84 Å². The summed E-state index contributed by atoms with van der Waals surface area (Å²) >= 11 is 12.5. The number of aliphatic imine (C=N–C) groups is 1. The fourth-order valence-corrected chi connectivity index (χ4v) is 4.03. The van der Waals surface area contributed by atoms with Crippen LogP contribution in [-0.2, 0) is 14.6 Å². The summed E-state index contributed by atoms with van der Waals surface area (Å²) in [7, 11) is -3.22. The second-order valence-corrected chi connectivity index (χ2v) is 9.40. The molecule has 0 fully saturated rings. The van der Waals surface area contributed by atoms with Crippen LogP contribution in [0.4, 0.5) is 5.69 Å². The number of amides is 1. The van der Waals surface area contributed by atoms with E-state index in [0.29, 0.717) is 32.6 Å². The largest absolute Gasteiger partial charge is 0.309 e. The normalized spacial score (nSPS) is 14.6. The zero-order valence-corrected chi connectivity index (χ0v) is 17.0. The van der Waals surface area contributed by atoms with Gasteiger partial charge >= 0.3 is 0 Å². The van der Waals surface area contributed by atoms with Gasteiger partial charge in [0.25, 0.3) is 0 Å². The molecule has 8 heteroatoms. The van der Waals surface area contributed by atoms with Crippen LogP contribution < -0.4 is 4.90 Å². The van der Waals surface area contributed by atoms with Gasteiger partial charge in [-0.3, -0.25) is 9.79 Å². The van der Waals surface area contributed by atoms with Gasteiger partial charge in [-0.25, -0.2) is 8.42 Å². The molecule has 0 aliphatic carbocycles. The molecule has 0 radical (unpaired) electrons. The highest BCUT2D eigenvalue weighted by Crippen LogP contribution is 2.31. The summed E-state index contributed by atoms with van der Waals surface area (Å²) in [6.07, 6.45) is 0. The Kier molecular flexibility index (Phi) is 5.89. The van der Waals surface area contributed by atoms with Crippen molar-refractivity contribution in [3.8, 4) is 0 Å². The molecular weight excluding hydrogens is 407 g/mol. The average molecular weight is 425 g/mol. The molecule has 142 valence electrons. The van der Waals surface area contributed by atoms with E-state index >= 15 is 0 Å². The third-order valence-electron chi connectivity index (χ3n) is 4.37. The number of sulfone groups is 1. The van der Waals surface area contributed by atoms with Gasteiger partial charge in [-0.05, 0) is 24.3 Å². The van der Waals surface area contributed by atoms with Crippen molar-refractivity contribution in [1.82, 2.24) is 0 Å². The second kappa shape index (κ2) is 8.00. The van der Waals surface area contributed by atoms with Crippen molar-refractivity contribution in [2.24, 2.45) is 4.99 Å². The summed E-state index contributed by atoms with van der Waals surface area (Å²) in [4.78, 5) is 18.6. The van der Waals surface area contributed by atoms with Crippen LogP contribution in [0.1, 0.15) is 18.1 Å². The van der Waals surface area contributed by atoms with Crippen molar-refractivity contribution >= 4 is 50.3 Å². The molecule has 5 nitrogen and oxygen atoms in total. The Morgan fingerprint density at radius 2 is 1.85 bits per heavy atom. The predicted octanol–water partition coefficient (Wildman–Crippen LogP) is 3.61. The molecule has 27 heavy (non-hydrogen) atoms. The lowest BCUT2D eigenvalue weighted by atomic mass is 10.00. The molecule has 0 aromatic heterocycles. The van der Waals surface area contributed by atoms with Crippen LogP contribution in [0.5, 0.6) is 0 Å². The number of rotatable bonds is 5. The van der Waals surface area contributed by atoms with Crippen molar-refractivity contribution in [3.63, 3.8) is 0 Å². The fourth-order valence-electron chi connectivity index (χ4n) is 2.89. The number of nitrogens with zero attached hydrogens (tertiary/aromatic N) is 2. The molecule has 2 aromatic carbocycles. The third-order valence-corrected chi connectivity index (χ3v) is 6.62. The van der Waals surface area contributed by atoms with Crippen molar-refractivity contribution in [2.75, 3.05) is 29.5 Å². The first-order chi connectivity index (χ1) is 12.8. The molecule has 2 aromatic rings. The molecule has 1 amide bonds. The van der Waals surface area contributed by atoms with Gasteiger partial charge in [-0.15, -0.1) is 0 Å². The summed E-state index contributed by atoms with van der Waals surface area (Å²) < 4.78 is 23.9. The van der Waals surface area contributed by atoms with Crippen molar-refractivity contribution in [3.05, 3.63) is 63.6 Å². The van der Waals surface area contributed by atoms with Crippen LogP contribution in [0.2, 0.25) is 10.0 Å². The lowest BCUT2D eigenvalue weighted by Gasteiger charge is -2.23. The Morgan fingerprint density at radius 1 is 1.11 bits per heavy atom. The lowest BCUT2D eigenvalue weighted by molar-refractivity contribution is -0.117. The SMILES string of the molecule is CCS(=O)(=O)CCN1C(=O)CN=C(c2ccccc2Cl)c2cc(Cl)ccc21. The minimum atomic E-state index is -3.22. The van der Waals surface area contributed by atoms with Crippen molar-refractivity contribution < 1.29 is 13.2 Å². The Hall–Kier alpha value is -1.89. The number of hydrogen-bond acceptors (Lipinski definition) is 4. The number of carbonyl (C=O) groups excluding carboxylic acids is 1. The standard InChI is InChI=1S/C19H18Cl2N2O3S/c1-2-27(25,26)10-9-23-17-8-7-13(20)11-15(17)19(22-12-18(23)24)14-5-3-4-6-16(14)21/h3-8,11H,2,9-10,12H2,1H3. The molecule has 1 aliphatic rings. The number of benzodiazepines with no additional fused rings is 1. The summed E-state index contributed by atoms with van der Waals surface area (Å²) in [5, 5.41) is 1.00. The zero-order chi connectivity index (χ0) is 19.6. The maximum Gasteiger partial charge on any atom is 0.248 e. The number of hydrogen-bond donors (Lipinski definition) is 0. The van der Waals surface area contributed by atoms with Gasteiger partial charge in [0.1, 0.15) is 6.54 Å². The molecule has 0 saturated carbocycles. The molecule has 0 unspecified atom stereocenters. The highest BCUT2D eigenvalue weighted by atomic mass is 35.5. The molecule has 0 bridgehead atoms. The van der Waals surface area contributed by atoms with Crippen LogP contribution in [-0.4, -0.2) is 44.6 Å². The number of fused-ring (bicyclic) bond motifs is 1. The highest BCUT2D eigenvalue weighted by Gasteiger charge is 2.27. The minimum Gasteiger partial charge on any atom is -0.309 e. The highest BCUT2D eigenvalue weighted by molar-refractivity contribution is 7.91. The van der Waals surface area contributed by atoms with Crippen LogP contribution in [0.25, 0.3) is 0 Å². The summed E-state index contributed by atoms with van der Waals surface area (Å²) in [5.41, 5.74) is 2.48. The van der Waals surface area contributed by atoms with E-state index in [0.717, 1.165) is 0 Å². The van der Waals surface area contributed by atoms with E-state index in [1.54, 1.807) is 31.2 Å². The molecule has 1 heterocycles. The van der Waals surface area contributed by atoms with Gasteiger partial charge in [0.15, 0.2) is 9.84 Å². The van der Waals surface area contributed by atoms with E-state index in [4.69, 9.17) is 23.2 Å². The number of anilines is 1. The Morgan fingerprint density at radius 3 is 2.56 bits per heavy atom. The summed E-state index contributed by atoms with van der Waals surface area (Å²) in [6, 6.07) is 12.3. The quantitative estimate of drug-likeness (QED) is 0.735. The van der Waals surface area contributed by atoms with Crippen LogP contribution >= 0.6 is 23.2 Å². The third kappa shape index (κ3) is 4.34. The molecule has 0 atom stereocenters. The number of carbonyl (C=O) groups is 1. The van der Waals surface area contributed by atoms with Crippen LogP contribution in [0.15, 0.2) is 47.5 Å². The van der Waals surface area contributed by atoms with Gasteiger partial charge < -0.3 is 4.90 Å². The van der Waals surface area contributed by atoms with Crippen LogP contribution in [0, 0.1) is 0 Å². The maximum atomic E-state index is 12.7. The Balaban J connectivity index is 2.10. The van der Waals surface area contributed by atoms with Gasteiger partial charge in [-0.2, -0.15) is 0 Å². The first-order valence-electron chi connectivity index (χ1n) is 8.42. The number of halogens is 2. The van der Waals surface area contributed by atoms with Gasteiger partial charge in [0.2, 0.25) is 5.91 Å². The van der Waals surface area contributed by atoms with Crippen molar-refractivity contribution in [1.29, 1.82) is 0 Å². The average Bonchev–Trinajstić information content (AvgIpc) is 2.77. The minimum absolute atomic E-state index is 0.0316. The lowest BCUT2D eigenvalue weighted by Crippen LogP contribution is -2.36. The predicted molar refractivity (Wildman–Crippen MR) is 110 cm³/mol. The van der Waals surface area contributed by atoms with Crippen LogP contribution in [0.3, 0.4) is 0 Å². The van der Waals surface area contributed by atoms with E-state index in [9.17, 15) is 13.2 Å². The molecule has 0 saturated heterocycles. The monoisotopic (exact) mass is 424 g/mol. The van der Waals surface area contributed by atoms with Gasteiger partial charge in [0, 0.05) is 33.5 Å². The maximum absolute atomic E-state index is 12.7. The Bertz CT molecular complexity index is 1020. The first kappa shape index (κ1) is 19.9. The van der Waals surface area contributed by atoms with Gasteiger partial charge in [0.05, 0.1) is 17.2 Å². The van der Waals surface area contributed by atoms with Gasteiger partial charge in [-0.1, -0.05) is 48.3 Å². The van der Waals surface area contributed by atoms with E-state index in [1.165, 1.54) is 4.90 Å². The van der Waals surface area contributed by atoms with Crippen molar-refractivity contribution in [2.45, 2.75) is 6.92 Å². The second-order valence-electron chi connectivity index (χ2n) is 6.09. The Labute approximate surface area is 168 Å². The number of benzene rings is 2. The van der Waals surface area contributed by atoms with E-state index in [1.807, 2.05) is 18.2 Å². The summed E-state index contributed by atoms with van der Waals surface area (Å²) in [5.74, 6) is -0.352. The van der Waals surface area contributed by atoms with E-state index in [2.05, 4.69) is 4.99 Å². The van der Waals surface area contributed by atoms with E-state index in [-0.39, 0.29) is 30.5 Å². The topological polar surface area (TPSA) is 66.8 Å². The summed E-state index contributed by atoms with van der Waals surface area (Å²) in [6.45, 7) is 1.56. The fraction of sp³-hybridized carbons (Fsp3) is 0.263. The molecule has 0 N–H and O–H groups in total. The molecule has 0 spiro atoms. The molecule has 1 aliphatic heterocycles. The zero-order valence-electron chi connectivity index (χ0n) is 14.7. The smallest absolute Gasteiger partial charge is 0.248 e. The molecular formula is C19H18Cl2N2O3S.